The molecule has 0 fully saturated rings. The minimum Gasteiger partial charge on any atom is -0.384 e. The van der Waals surface area contributed by atoms with Crippen molar-refractivity contribution in [2.75, 3.05) is 209 Å². The van der Waals surface area contributed by atoms with Gasteiger partial charge in [-0.15, -0.1) is 0 Å². The van der Waals surface area contributed by atoms with E-state index in [-0.39, 0.29) is 65.1 Å². The van der Waals surface area contributed by atoms with Gasteiger partial charge in [-0.3, -0.25) is 38.4 Å². The van der Waals surface area contributed by atoms with Crippen LogP contribution in [0.2, 0.25) is 0 Å². The lowest BCUT2D eigenvalue weighted by molar-refractivity contribution is 0.365. The third-order valence-electron chi connectivity index (χ3n) is 24.6. The van der Waals surface area contributed by atoms with Gasteiger partial charge < -0.3 is 59.6 Å². The van der Waals surface area contributed by atoms with Gasteiger partial charge >= 0.3 is 0 Å². The lowest BCUT2D eigenvalue weighted by Crippen LogP contribution is -2.36. The van der Waals surface area contributed by atoms with Gasteiger partial charge in [0.1, 0.15) is 58.8 Å². The van der Waals surface area contributed by atoms with Crippen molar-refractivity contribution < 1.29 is 0 Å². The van der Waals surface area contributed by atoms with Gasteiger partial charge in [0.15, 0.2) is 0 Å². The Balaban J connectivity index is 0.000000789. The zero-order valence-corrected chi connectivity index (χ0v) is 100. The lowest BCUT2D eigenvalue weighted by Gasteiger charge is -2.32. The Labute approximate surface area is 875 Å². The van der Waals surface area contributed by atoms with Crippen LogP contribution in [0.5, 0.6) is 0 Å². The number of anilines is 12. The summed E-state index contributed by atoms with van der Waals surface area (Å²) in [5.41, 5.74) is 17.4. The number of nitrogens with zero attached hydrogens (tertiary/aromatic N) is 10. The molecule has 0 radical (unpaired) electrons. The number of hydrogen-bond acceptors (Lipinski definition) is 28. The van der Waals surface area contributed by atoms with Crippen LogP contribution in [0.4, 0.5) is 68.2 Å². The lowest BCUT2D eigenvalue weighted by atomic mass is 9.88. The Bertz CT molecular complexity index is 5760. The van der Waals surface area contributed by atoms with E-state index in [9.17, 15) is 38.4 Å². The summed E-state index contributed by atoms with van der Waals surface area (Å²) >= 11 is 40.9. The molecule has 0 saturated carbocycles. The molecule has 0 bridgehead atoms. The van der Waals surface area contributed by atoms with E-state index in [2.05, 4.69) is 238 Å². The van der Waals surface area contributed by atoms with Crippen LogP contribution in [0.3, 0.4) is 0 Å². The number of rotatable bonds is 40. The molecule has 0 aliphatic rings. The molecular weight excluding hydrogens is 1870 g/mol. The molecule has 2 N–H and O–H groups in total. The monoisotopic (exact) mass is 2060 g/mol. The Kier molecular flexibility index (Phi) is 52.8. The summed E-state index contributed by atoms with van der Waals surface area (Å²) in [4.78, 5) is 115. The Morgan fingerprint density at radius 2 is 0.428 bits per heavy atom. The molecule has 8 aromatic rings. The molecule has 0 aliphatic carbocycles. The van der Waals surface area contributed by atoms with Crippen LogP contribution in [-0.2, 0) is 25.7 Å². The van der Waals surface area contributed by atoms with E-state index >= 15 is 0 Å². The number of nitrogens with one attached hydrogen (secondary N) is 2. The van der Waals surface area contributed by atoms with Crippen molar-refractivity contribution in [1.82, 2.24) is 0 Å². The molecule has 0 atom stereocenters. The second-order valence-electron chi connectivity index (χ2n) is 47.2. The fourth-order valence-corrected chi connectivity index (χ4v) is 18.4. The molecule has 28 heteroatoms. The van der Waals surface area contributed by atoms with Crippen molar-refractivity contribution >= 4 is 166 Å². The van der Waals surface area contributed by atoms with E-state index in [0.29, 0.717) is 57.7 Å². The van der Waals surface area contributed by atoms with Crippen molar-refractivity contribution in [3.05, 3.63) is 140 Å². The van der Waals surface area contributed by atoms with Crippen LogP contribution < -0.4 is 103 Å². The maximum Gasteiger partial charge on any atom is 0.224 e. The molecular formula is C110H184N12O8S8. The quantitative estimate of drug-likeness (QED) is 0.0344. The standard InChI is InChI=1S/C15H26N2OS.C15H25NOS.C14H24N2OS.C14H23NOS.2C13H22N2OS.2C13H21NOS/c1-7-17(8-2)12-11(13(18)14(12)19)16(6)10-9-15(3,4)5;1-6-16(7-2)12-11(13(17)14(12)18)9-8-10-15(3,4)5;1-7-15(5)11-10(12(17)13(11)18)16(6)9-8-14(2,3)4;1-6-15(5)11-10(12(16)13(11)17)8-7-9-14(2,3)4;1-13(2,3)7-8-15(6)9-10(14(4)5)12(17)11(9)16;1-6-14-9-10(11(16)12(9)17)15(5)8-7-13(2,3)4;1-13(2,3)8-6-7-9-10(14(4)5)12(16)11(9)15;1-5-14-10-9(11(15)12(10)16)7-6-8-13(2,3)4/h7-10H2,1-6H3;6-10H2,1-5H3;7-9H2,1-6H3;6-9H2,1-5H3;7-8H2,1-6H3;14H,6-8H2,1-5H3;6-8H2,1-5H3;14H,5-8H2,1-4H3. The van der Waals surface area contributed by atoms with Crippen molar-refractivity contribution in [3.8, 4) is 0 Å². The summed E-state index contributed by atoms with van der Waals surface area (Å²) in [6, 6.07) is 0. The van der Waals surface area contributed by atoms with E-state index in [4.69, 9.17) is 97.7 Å². The zero-order chi connectivity index (χ0) is 107. The van der Waals surface area contributed by atoms with Gasteiger partial charge in [0, 0.05) is 171 Å². The van der Waals surface area contributed by atoms with Crippen LogP contribution in [0.15, 0.2) is 38.4 Å². The fraction of sp³-hybridized carbons (Fsp3) is 0.709. The molecule has 0 unspecified atom stereocenters. The second-order valence-corrected chi connectivity index (χ2v) is 50.5. The third-order valence-corrected chi connectivity index (χ3v) is 27.7. The fourth-order valence-electron chi connectivity index (χ4n) is 15.6. The molecule has 0 aromatic heterocycles. The van der Waals surface area contributed by atoms with E-state index in [1.807, 2.05) is 114 Å². The predicted octanol–water partition coefficient (Wildman–Crippen LogP) is 25.8. The number of hydrogen-bond donors (Lipinski definition) is 2. The van der Waals surface area contributed by atoms with Gasteiger partial charge in [-0.2, -0.15) is 0 Å². The molecule has 780 valence electrons. The molecule has 0 heterocycles. The Morgan fingerprint density at radius 3 is 0.732 bits per heavy atom. The Morgan fingerprint density at radius 1 is 0.210 bits per heavy atom. The average molecular weight is 2060 g/mol. The summed E-state index contributed by atoms with van der Waals surface area (Å²) in [7, 11) is 19.6. The van der Waals surface area contributed by atoms with Gasteiger partial charge in [0.05, 0.1) is 45.5 Å². The van der Waals surface area contributed by atoms with Crippen molar-refractivity contribution in [2.45, 2.75) is 324 Å². The highest BCUT2D eigenvalue weighted by atomic mass is 32.1. The van der Waals surface area contributed by atoms with Crippen LogP contribution >= 0.6 is 97.7 Å². The zero-order valence-electron chi connectivity index (χ0n) is 93.8. The minimum absolute atomic E-state index is 0.00681. The smallest absolute Gasteiger partial charge is 0.224 e. The van der Waals surface area contributed by atoms with Crippen molar-refractivity contribution in [1.29, 1.82) is 0 Å². The highest BCUT2D eigenvalue weighted by molar-refractivity contribution is 7.73. The van der Waals surface area contributed by atoms with E-state index in [1.165, 1.54) is 0 Å². The van der Waals surface area contributed by atoms with Crippen LogP contribution in [0, 0.1) is 79.4 Å². The average Bonchev–Trinajstić information content (AvgIpc) is 0.752. The molecule has 20 nitrogen and oxygen atoms in total. The van der Waals surface area contributed by atoms with Gasteiger partial charge in [-0.1, -0.05) is 264 Å². The molecule has 8 rings (SSSR count). The predicted molar refractivity (Wildman–Crippen MR) is 628 cm³/mol. The van der Waals surface area contributed by atoms with Crippen molar-refractivity contribution in [3.63, 3.8) is 0 Å². The third kappa shape index (κ3) is 40.0. The van der Waals surface area contributed by atoms with Gasteiger partial charge in [0.25, 0.3) is 0 Å². The molecule has 0 amide bonds. The normalized spacial score (nSPS) is 12.0. The molecule has 138 heavy (non-hydrogen) atoms. The maximum absolute atomic E-state index is 12.0. The highest BCUT2D eigenvalue weighted by Gasteiger charge is 2.31. The summed E-state index contributed by atoms with van der Waals surface area (Å²) in [6.07, 6.45) is 16.5. The van der Waals surface area contributed by atoms with Gasteiger partial charge in [0.2, 0.25) is 43.4 Å². The van der Waals surface area contributed by atoms with Gasteiger partial charge in [-0.25, -0.2) is 0 Å². The molecule has 0 saturated heterocycles. The minimum atomic E-state index is 0.00681. The van der Waals surface area contributed by atoms with E-state index in [0.717, 1.165) is 272 Å². The first-order valence-electron chi connectivity index (χ1n) is 50.2. The van der Waals surface area contributed by atoms with Crippen molar-refractivity contribution in [2.24, 2.45) is 43.3 Å². The first-order chi connectivity index (χ1) is 63.0. The van der Waals surface area contributed by atoms with Crippen LogP contribution in [-0.4, -0.2) is 149 Å². The topological polar surface area (TPSA) is 193 Å². The molecule has 8 aromatic carbocycles. The molecule has 0 spiro atoms. The maximum atomic E-state index is 12.0. The first-order valence-corrected chi connectivity index (χ1v) is 53.5. The highest BCUT2D eigenvalue weighted by Crippen LogP contribution is 2.38. The summed E-state index contributed by atoms with van der Waals surface area (Å²) in [5.74, 6) is 0. The van der Waals surface area contributed by atoms with Gasteiger partial charge in [-0.05, 0) is 201 Å². The Hall–Kier alpha value is -6.40. The molecule has 0 aliphatic heterocycles. The van der Waals surface area contributed by atoms with E-state index < -0.39 is 0 Å². The summed E-state index contributed by atoms with van der Waals surface area (Å²) < 4.78 is 3.98. The first kappa shape index (κ1) is 130. The largest absolute Gasteiger partial charge is 0.384 e. The van der Waals surface area contributed by atoms with Crippen LogP contribution in [0.25, 0.3) is 0 Å². The second kappa shape index (κ2) is 56.2. The summed E-state index contributed by atoms with van der Waals surface area (Å²) in [6.45, 7) is 80.3. The van der Waals surface area contributed by atoms with E-state index in [1.54, 1.807) is 0 Å². The SMILES string of the molecule is CCN(C)c1c(CCCC(C)(C)C)c(=O)c1=S.CCN(C)c1c(N(C)CCC(C)(C)C)c(=O)c1=S.CCN(CC)c1c(CCCC(C)(C)C)c(=O)c1=S.CCN(CC)c1c(N(C)CCC(C)(C)C)c(=O)c1=S.CCNc1c(CCCC(C)(C)C)c(=O)c1=S.CCNc1c(N(C)CCC(C)(C)C)c(=O)c1=S.CN(C)c1c(CCCC(C)(C)C)c(=O)c1=S.CN(C)c1c(N(C)CCC(C)(C)C)c(=O)c1=S. The van der Waals surface area contributed by atoms with Crippen LogP contribution in [0.1, 0.15) is 321 Å². The summed E-state index contributed by atoms with van der Waals surface area (Å²) in [5, 5.41) is 6.34.